The van der Waals surface area contributed by atoms with Crippen LogP contribution in [0.25, 0.3) is 0 Å². The summed E-state index contributed by atoms with van der Waals surface area (Å²) >= 11 is 0. The summed E-state index contributed by atoms with van der Waals surface area (Å²) in [4.78, 5) is 12.8. The molecule has 0 saturated heterocycles. The summed E-state index contributed by atoms with van der Waals surface area (Å²) in [5.41, 5.74) is 0.399. The highest BCUT2D eigenvalue weighted by atomic mass is 32.2. The fourth-order valence-corrected chi connectivity index (χ4v) is 3.64. The van der Waals surface area contributed by atoms with Crippen molar-refractivity contribution in [2.45, 2.75) is 9.79 Å². The van der Waals surface area contributed by atoms with Crippen molar-refractivity contribution in [3.8, 4) is 0 Å². The molecule has 0 aromatic heterocycles. The van der Waals surface area contributed by atoms with Crippen LogP contribution in [0.3, 0.4) is 0 Å². The normalized spacial score (nSPS) is 12.6. The minimum Gasteiger partial charge on any atom is -0.351 e. The minimum absolute atomic E-state index is 0.0253. The molecule has 2 aromatic rings. The van der Waals surface area contributed by atoms with Crippen molar-refractivity contribution in [2.75, 3.05) is 18.6 Å². The lowest BCUT2D eigenvalue weighted by atomic mass is 10.2. The number of sulfone groups is 1. The van der Waals surface area contributed by atoms with E-state index < -0.39 is 20.6 Å². The highest BCUT2D eigenvalue weighted by Gasteiger charge is 2.14. The van der Waals surface area contributed by atoms with E-state index in [4.69, 9.17) is 0 Å². The highest BCUT2D eigenvalue weighted by Crippen LogP contribution is 2.10. The van der Waals surface area contributed by atoms with Gasteiger partial charge in [-0.25, -0.2) is 8.42 Å². The van der Waals surface area contributed by atoms with E-state index in [1.165, 1.54) is 12.1 Å². The Bertz CT molecular complexity index is 800. The Balaban J connectivity index is 1.93. The Morgan fingerprint density at radius 1 is 1.04 bits per heavy atom. The van der Waals surface area contributed by atoms with Gasteiger partial charge in [0.25, 0.3) is 5.91 Å². The Morgan fingerprint density at radius 3 is 2.22 bits per heavy atom. The van der Waals surface area contributed by atoms with Gasteiger partial charge in [-0.2, -0.15) is 0 Å². The van der Waals surface area contributed by atoms with Crippen LogP contribution in [0.2, 0.25) is 0 Å². The molecule has 0 heterocycles. The highest BCUT2D eigenvalue weighted by molar-refractivity contribution is 7.91. The molecule has 5 nitrogen and oxygen atoms in total. The van der Waals surface area contributed by atoms with Crippen LogP contribution < -0.4 is 5.32 Å². The Labute approximate surface area is 138 Å². The standard InChI is InChI=1S/C16H17NO4S2/c1-22(19)14-9-7-13(8-10-14)16(18)17-11-12-23(20,21)15-5-3-2-4-6-15/h2-10H,11-12H2,1H3,(H,17,18)/t22-/m1/s1. The van der Waals surface area contributed by atoms with Crippen molar-refractivity contribution in [1.82, 2.24) is 5.32 Å². The molecule has 23 heavy (non-hydrogen) atoms. The molecule has 0 fully saturated rings. The molecule has 1 atom stereocenters. The molecule has 2 rings (SSSR count). The van der Waals surface area contributed by atoms with E-state index in [1.54, 1.807) is 48.7 Å². The van der Waals surface area contributed by atoms with E-state index in [9.17, 15) is 17.4 Å². The van der Waals surface area contributed by atoms with Gasteiger partial charge in [-0.05, 0) is 36.4 Å². The van der Waals surface area contributed by atoms with Gasteiger partial charge in [0.05, 0.1) is 10.6 Å². The number of hydrogen-bond donors (Lipinski definition) is 1. The second kappa shape index (κ2) is 7.52. The third kappa shape index (κ3) is 4.74. The molecule has 2 aromatic carbocycles. The van der Waals surface area contributed by atoms with Crippen LogP contribution in [0.15, 0.2) is 64.4 Å². The summed E-state index contributed by atoms with van der Waals surface area (Å²) in [5.74, 6) is -0.526. The molecular formula is C16H17NO4S2. The van der Waals surface area contributed by atoms with E-state index in [1.807, 2.05) is 0 Å². The summed E-state index contributed by atoms with van der Waals surface area (Å²) < 4.78 is 35.5. The lowest BCUT2D eigenvalue weighted by Gasteiger charge is -2.07. The van der Waals surface area contributed by atoms with Gasteiger partial charge in [0.15, 0.2) is 9.84 Å². The largest absolute Gasteiger partial charge is 0.351 e. The summed E-state index contributed by atoms with van der Waals surface area (Å²) in [6.07, 6.45) is 1.56. The molecule has 122 valence electrons. The molecular weight excluding hydrogens is 334 g/mol. The third-order valence-corrected chi connectivity index (χ3v) is 5.88. The summed E-state index contributed by atoms with van der Waals surface area (Å²) in [6, 6.07) is 14.5. The van der Waals surface area contributed by atoms with Crippen LogP contribution in [-0.2, 0) is 20.6 Å². The van der Waals surface area contributed by atoms with Crippen LogP contribution in [-0.4, -0.2) is 37.1 Å². The fraction of sp³-hybridized carbons (Fsp3) is 0.188. The molecule has 1 N–H and O–H groups in total. The first-order valence-corrected chi connectivity index (χ1v) is 10.1. The summed E-state index contributed by atoms with van der Waals surface area (Å²) in [5, 5.41) is 2.58. The second-order valence-electron chi connectivity index (χ2n) is 4.87. The number of amides is 1. The van der Waals surface area contributed by atoms with Crippen LogP contribution in [0, 0.1) is 0 Å². The molecule has 0 bridgehead atoms. The van der Waals surface area contributed by atoms with Crippen molar-refractivity contribution in [2.24, 2.45) is 0 Å². The smallest absolute Gasteiger partial charge is 0.251 e. The Morgan fingerprint density at radius 2 is 1.65 bits per heavy atom. The lowest BCUT2D eigenvalue weighted by molar-refractivity contribution is 0.0956. The van der Waals surface area contributed by atoms with Gasteiger partial charge >= 0.3 is 0 Å². The Hall–Kier alpha value is -1.99. The monoisotopic (exact) mass is 351 g/mol. The number of hydrogen-bond acceptors (Lipinski definition) is 4. The van der Waals surface area contributed by atoms with Crippen molar-refractivity contribution >= 4 is 26.5 Å². The molecule has 0 aliphatic rings. The van der Waals surface area contributed by atoms with Gasteiger partial charge in [0, 0.05) is 34.1 Å². The number of carbonyl (C=O) groups is 1. The SMILES string of the molecule is C[S@@](=O)c1ccc(C(=O)NCCS(=O)(=O)c2ccccc2)cc1. The molecule has 0 radical (unpaired) electrons. The van der Waals surface area contributed by atoms with Gasteiger partial charge < -0.3 is 5.32 Å². The predicted molar refractivity (Wildman–Crippen MR) is 89.6 cm³/mol. The van der Waals surface area contributed by atoms with Crippen LogP contribution in [0.5, 0.6) is 0 Å². The van der Waals surface area contributed by atoms with E-state index in [-0.39, 0.29) is 23.1 Å². The first-order valence-electron chi connectivity index (χ1n) is 6.89. The molecule has 0 aliphatic heterocycles. The van der Waals surface area contributed by atoms with Crippen molar-refractivity contribution in [3.05, 3.63) is 60.2 Å². The van der Waals surface area contributed by atoms with Crippen LogP contribution in [0.1, 0.15) is 10.4 Å². The van der Waals surface area contributed by atoms with Gasteiger partial charge in [0.2, 0.25) is 0 Å². The second-order valence-corrected chi connectivity index (χ2v) is 8.36. The quantitative estimate of drug-likeness (QED) is 0.858. The van der Waals surface area contributed by atoms with Crippen molar-refractivity contribution in [1.29, 1.82) is 0 Å². The summed E-state index contributed by atoms with van der Waals surface area (Å²) in [7, 11) is -4.51. The maximum Gasteiger partial charge on any atom is 0.251 e. The lowest BCUT2D eigenvalue weighted by Crippen LogP contribution is -2.29. The zero-order valence-corrected chi connectivity index (χ0v) is 14.2. The van der Waals surface area contributed by atoms with Gasteiger partial charge in [-0.15, -0.1) is 0 Å². The van der Waals surface area contributed by atoms with Gasteiger partial charge in [0.1, 0.15) is 0 Å². The van der Waals surface area contributed by atoms with E-state index >= 15 is 0 Å². The molecule has 0 saturated carbocycles. The van der Waals surface area contributed by atoms with Gasteiger partial charge in [-0.3, -0.25) is 9.00 Å². The first-order chi connectivity index (χ1) is 10.9. The zero-order chi connectivity index (χ0) is 16.9. The Kier molecular flexibility index (Phi) is 5.68. The van der Waals surface area contributed by atoms with Crippen molar-refractivity contribution < 1.29 is 17.4 Å². The van der Waals surface area contributed by atoms with Gasteiger partial charge in [-0.1, -0.05) is 18.2 Å². The van der Waals surface area contributed by atoms with Crippen LogP contribution >= 0.6 is 0 Å². The number of rotatable bonds is 6. The molecule has 0 aliphatic carbocycles. The molecule has 1 amide bonds. The first kappa shape index (κ1) is 17.4. The van der Waals surface area contributed by atoms with E-state index in [2.05, 4.69) is 5.32 Å². The van der Waals surface area contributed by atoms with Crippen LogP contribution in [0.4, 0.5) is 0 Å². The average molecular weight is 351 g/mol. The fourth-order valence-electron chi connectivity index (χ4n) is 1.94. The number of benzene rings is 2. The molecule has 7 heteroatoms. The molecule has 0 unspecified atom stereocenters. The van der Waals surface area contributed by atoms with Crippen molar-refractivity contribution in [3.63, 3.8) is 0 Å². The average Bonchev–Trinajstić information content (AvgIpc) is 2.55. The maximum atomic E-state index is 12.1. The predicted octanol–water partition coefficient (Wildman–Crippen LogP) is 1.63. The summed E-state index contributed by atoms with van der Waals surface area (Å²) in [6.45, 7) is 0.0253. The van der Waals surface area contributed by atoms with E-state index in [0.29, 0.717) is 10.5 Å². The number of nitrogens with one attached hydrogen (secondary N) is 1. The van der Waals surface area contributed by atoms with E-state index in [0.717, 1.165) is 0 Å². The minimum atomic E-state index is -3.41. The zero-order valence-electron chi connectivity index (χ0n) is 12.6. The number of carbonyl (C=O) groups excluding carboxylic acids is 1. The molecule has 0 spiro atoms. The topological polar surface area (TPSA) is 80.3 Å². The maximum absolute atomic E-state index is 12.1. The third-order valence-electron chi connectivity index (χ3n) is 3.21.